The molecule has 1 heterocycles. The number of benzene rings is 4. The van der Waals surface area contributed by atoms with Crippen LogP contribution in [0.25, 0.3) is 16.8 Å². The molecule has 0 radical (unpaired) electrons. The van der Waals surface area contributed by atoms with Crippen LogP contribution in [0.5, 0.6) is 11.5 Å². The van der Waals surface area contributed by atoms with Crippen molar-refractivity contribution < 1.29 is 14.3 Å². The molecular formula is C33H30N2O3S. The van der Waals surface area contributed by atoms with Crippen LogP contribution in [0.3, 0.4) is 0 Å². The van der Waals surface area contributed by atoms with Crippen molar-refractivity contribution in [3.8, 4) is 11.5 Å². The number of fused-ring (bicyclic) bond motifs is 1. The minimum Gasteiger partial charge on any atom is -0.490 e. The lowest BCUT2D eigenvalue weighted by atomic mass is 10.0. The Morgan fingerprint density at radius 2 is 1.77 bits per heavy atom. The zero-order valence-electron chi connectivity index (χ0n) is 22.1. The number of hydrogen-bond donors (Lipinski definition) is 1. The largest absolute Gasteiger partial charge is 0.490 e. The topological polar surface area (TPSA) is 59.9 Å². The standard InChI is InChI=1S/C33H30N2O3S/c1-4-9-25-18-23(20-30-32(36)35-33(39-30)34-27-16-14-22(3)15-17-27)19-29(37-5-2)31(25)38-21-26-12-8-11-24-10-6-7-13-28(24)26/h4,6-8,10-20H,1,5,9,21H2,2-3H3,(H,34,35,36)/b30-20+. The maximum absolute atomic E-state index is 12.7. The molecule has 1 aliphatic heterocycles. The van der Waals surface area contributed by atoms with Crippen LogP contribution in [0.2, 0.25) is 0 Å². The number of nitrogens with one attached hydrogen (secondary N) is 1. The number of amidine groups is 1. The van der Waals surface area contributed by atoms with Crippen LogP contribution in [-0.2, 0) is 17.8 Å². The smallest absolute Gasteiger partial charge is 0.264 e. The summed E-state index contributed by atoms with van der Waals surface area (Å²) in [5.41, 5.74) is 4.85. The van der Waals surface area contributed by atoms with Crippen molar-refractivity contribution in [2.75, 3.05) is 6.61 Å². The lowest BCUT2D eigenvalue weighted by Crippen LogP contribution is -2.19. The van der Waals surface area contributed by atoms with Crippen LogP contribution >= 0.6 is 11.8 Å². The molecule has 5 nitrogen and oxygen atoms in total. The summed E-state index contributed by atoms with van der Waals surface area (Å²) in [4.78, 5) is 17.9. The number of aliphatic imine (C=N–C) groups is 1. The van der Waals surface area contributed by atoms with Gasteiger partial charge in [-0.15, -0.1) is 6.58 Å². The predicted molar refractivity (Wildman–Crippen MR) is 162 cm³/mol. The molecular weight excluding hydrogens is 504 g/mol. The molecule has 1 saturated heterocycles. The van der Waals surface area contributed by atoms with E-state index in [4.69, 9.17) is 9.47 Å². The highest BCUT2D eigenvalue weighted by Gasteiger charge is 2.24. The summed E-state index contributed by atoms with van der Waals surface area (Å²) in [6.45, 7) is 8.80. The second-order valence-electron chi connectivity index (χ2n) is 9.18. The number of allylic oxidation sites excluding steroid dienone is 1. The summed E-state index contributed by atoms with van der Waals surface area (Å²) in [5.74, 6) is 1.16. The third-order valence-electron chi connectivity index (χ3n) is 6.28. The van der Waals surface area contributed by atoms with Gasteiger partial charge in [0.25, 0.3) is 5.91 Å². The number of rotatable bonds is 9. The van der Waals surface area contributed by atoms with Gasteiger partial charge in [0.1, 0.15) is 6.61 Å². The number of carbonyl (C=O) groups is 1. The molecule has 1 aliphatic rings. The number of nitrogens with zero attached hydrogens (tertiary/aromatic N) is 1. The molecule has 1 N–H and O–H groups in total. The molecule has 4 aromatic carbocycles. The third kappa shape index (κ3) is 6.24. The first-order chi connectivity index (χ1) is 19.0. The zero-order chi connectivity index (χ0) is 27.2. The van der Waals surface area contributed by atoms with E-state index in [0.29, 0.717) is 41.2 Å². The fraction of sp³-hybridized carbons (Fsp3) is 0.152. The normalized spacial score (nSPS) is 15.1. The molecule has 5 rings (SSSR count). The van der Waals surface area contributed by atoms with Crippen LogP contribution in [0.1, 0.15) is 29.2 Å². The Morgan fingerprint density at radius 3 is 2.56 bits per heavy atom. The van der Waals surface area contributed by atoms with Gasteiger partial charge in [-0.3, -0.25) is 4.79 Å². The lowest BCUT2D eigenvalue weighted by molar-refractivity contribution is -0.115. The van der Waals surface area contributed by atoms with Crippen LogP contribution in [0, 0.1) is 6.92 Å². The first-order valence-electron chi connectivity index (χ1n) is 12.9. The quantitative estimate of drug-likeness (QED) is 0.176. The van der Waals surface area contributed by atoms with Crippen molar-refractivity contribution in [2.45, 2.75) is 26.9 Å². The van der Waals surface area contributed by atoms with Crippen LogP contribution < -0.4 is 14.8 Å². The van der Waals surface area contributed by atoms with E-state index in [-0.39, 0.29) is 5.91 Å². The summed E-state index contributed by atoms with van der Waals surface area (Å²) < 4.78 is 12.4. The minimum atomic E-state index is -0.176. The SMILES string of the molecule is C=CCc1cc(/C=C2/SC(=Nc3ccc(C)cc3)NC2=O)cc(OCC)c1OCc1cccc2ccccc12. The summed E-state index contributed by atoms with van der Waals surface area (Å²) in [6.07, 6.45) is 4.30. The van der Waals surface area contributed by atoms with Gasteiger partial charge >= 0.3 is 0 Å². The van der Waals surface area contributed by atoms with Gasteiger partial charge in [-0.05, 0) is 84.3 Å². The summed E-state index contributed by atoms with van der Waals surface area (Å²) >= 11 is 1.32. The summed E-state index contributed by atoms with van der Waals surface area (Å²) in [5, 5.41) is 5.76. The van der Waals surface area contributed by atoms with Crippen molar-refractivity contribution in [1.82, 2.24) is 5.32 Å². The number of hydrogen-bond acceptors (Lipinski definition) is 5. The molecule has 4 aromatic rings. The van der Waals surface area contributed by atoms with Crippen LogP contribution in [-0.4, -0.2) is 17.7 Å². The highest BCUT2D eigenvalue weighted by atomic mass is 32.2. The van der Waals surface area contributed by atoms with Crippen molar-refractivity contribution in [3.05, 3.63) is 119 Å². The first kappa shape index (κ1) is 26.3. The Hall–Kier alpha value is -4.29. The van der Waals surface area contributed by atoms with E-state index in [9.17, 15) is 4.79 Å². The Balaban J connectivity index is 1.44. The molecule has 0 aliphatic carbocycles. The van der Waals surface area contributed by atoms with Gasteiger partial charge in [0.05, 0.1) is 17.2 Å². The monoisotopic (exact) mass is 534 g/mol. The van der Waals surface area contributed by atoms with E-state index in [1.807, 2.05) is 80.6 Å². The predicted octanol–water partition coefficient (Wildman–Crippen LogP) is 7.75. The number of amides is 1. The van der Waals surface area contributed by atoms with Crippen LogP contribution in [0.15, 0.2) is 101 Å². The van der Waals surface area contributed by atoms with Gasteiger partial charge < -0.3 is 14.8 Å². The molecule has 6 heteroatoms. The van der Waals surface area contributed by atoms with Gasteiger partial charge in [-0.2, -0.15) is 0 Å². The number of aryl methyl sites for hydroxylation is 1. The van der Waals surface area contributed by atoms with E-state index in [2.05, 4.69) is 41.2 Å². The average Bonchev–Trinajstić information content (AvgIpc) is 3.28. The average molecular weight is 535 g/mol. The van der Waals surface area contributed by atoms with Crippen molar-refractivity contribution in [3.63, 3.8) is 0 Å². The zero-order valence-corrected chi connectivity index (χ0v) is 22.9. The molecule has 39 heavy (non-hydrogen) atoms. The first-order valence-corrected chi connectivity index (χ1v) is 13.7. The van der Waals surface area contributed by atoms with E-state index in [0.717, 1.165) is 33.3 Å². The van der Waals surface area contributed by atoms with Crippen LogP contribution in [0.4, 0.5) is 5.69 Å². The summed E-state index contributed by atoms with van der Waals surface area (Å²) in [6, 6.07) is 26.3. The molecule has 0 spiro atoms. The maximum Gasteiger partial charge on any atom is 0.264 e. The molecule has 0 saturated carbocycles. The van der Waals surface area contributed by atoms with E-state index >= 15 is 0 Å². The van der Waals surface area contributed by atoms with Crippen molar-refractivity contribution in [1.29, 1.82) is 0 Å². The fourth-order valence-corrected chi connectivity index (χ4v) is 5.28. The number of carbonyl (C=O) groups excluding carboxylic acids is 1. The van der Waals surface area contributed by atoms with E-state index in [1.165, 1.54) is 17.1 Å². The highest BCUT2D eigenvalue weighted by Crippen LogP contribution is 2.37. The van der Waals surface area contributed by atoms with E-state index < -0.39 is 0 Å². The molecule has 0 unspecified atom stereocenters. The number of thioether (sulfide) groups is 1. The van der Waals surface area contributed by atoms with Crippen molar-refractivity contribution >= 4 is 45.4 Å². The fourth-order valence-electron chi connectivity index (χ4n) is 4.44. The lowest BCUT2D eigenvalue weighted by Gasteiger charge is -2.17. The maximum atomic E-state index is 12.7. The van der Waals surface area contributed by atoms with Gasteiger partial charge in [0.15, 0.2) is 16.7 Å². The second-order valence-corrected chi connectivity index (χ2v) is 10.2. The van der Waals surface area contributed by atoms with Gasteiger partial charge in [-0.25, -0.2) is 4.99 Å². The molecule has 0 aromatic heterocycles. The minimum absolute atomic E-state index is 0.176. The Morgan fingerprint density at radius 1 is 0.974 bits per heavy atom. The third-order valence-corrected chi connectivity index (χ3v) is 7.19. The van der Waals surface area contributed by atoms with E-state index in [1.54, 1.807) is 0 Å². The van der Waals surface area contributed by atoms with Gasteiger partial charge in [-0.1, -0.05) is 66.2 Å². The number of ether oxygens (including phenoxy) is 2. The Labute approximate surface area is 233 Å². The Bertz CT molecular complexity index is 1580. The molecule has 196 valence electrons. The molecule has 0 atom stereocenters. The Kier molecular flexibility index (Phi) is 8.13. The molecule has 0 bridgehead atoms. The van der Waals surface area contributed by atoms with Crippen molar-refractivity contribution in [2.24, 2.45) is 4.99 Å². The molecule has 1 amide bonds. The summed E-state index contributed by atoms with van der Waals surface area (Å²) in [7, 11) is 0. The highest BCUT2D eigenvalue weighted by molar-refractivity contribution is 8.18. The van der Waals surface area contributed by atoms with Gasteiger partial charge in [0, 0.05) is 5.56 Å². The molecule has 1 fully saturated rings. The second kappa shape index (κ2) is 12.0. The van der Waals surface area contributed by atoms with Gasteiger partial charge in [0.2, 0.25) is 0 Å².